The average molecular weight is 276 g/mol. The molecule has 2 aromatic rings. The topological polar surface area (TPSA) is 55.0 Å². The molecular weight excluding hydrogens is 256 g/mol. The first-order chi connectivity index (χ1) is 9.04. The zero-order chi connectivity index (χ0) is 13.6. The quantitative estimate of drug-likeness (QED) is 0.916. The van der Waals surface area contributed by atoms with Crippen LogP contribution < -0.4 is 10.6 Å². The molecule has 0 radical (unpaired) electrons. The van der Waals surface area contributed by atoms with Crippen LogP contribution >= 0.6 is 11.3 Å². The number of fused-ring (bicyclic) bond motifs is 1. The van der Waals surface area contributed by atoms with Crippen LogP contribution in [0.25, 0.3) is 10.2 Å². The Labute approximate surface area is 117 Å². The number of nitrogens with two attached hydrogens (primary N) is 1. The minimum atomic E-state index is 0.386. The van der Waals surface area contributed by atoms with E-state index in [1.807, 2.05) is 0 Å². The molecule has 0 saturated carbocycles. The van der Waals surface area contributed by atoms with E-state index in [0.29, 0.717) is 5.95 Å². The van der Waals surface area contributed by atoms with E-state index in [4.69, 9.17) is 5.73 Å². The normalized spacial score (nSPS) is 19.8. The SMILES string of the molecule is Cc1cc2c(N3CCC(C(C)C)C3)nc(N)nc2s1. The summed E-state index contributed by atoms with van der Waals surface area (Å²) in [6.07, 6.45) is 1.24. The van der Waals surface area contributed by atoms with Crippen molar-refractivity contribution in [3.05, 3.63) is 10.9 Å². The van der Waals surface area contributed by atoms with E-state index in [9.17, 15) is 0 Å². The fourth-order valence-electron chi connectivity index (χ4n) is 2.81. The van der Waals surface area contributed by atoms with Crippen molar-refractivity contribution in [2.75, 3.05) is 23.7 Å². The third-order valence-corrected chi connectivity index (χ3v) is 4.92. The Morgan fingerprint density at radius 1 is 1.42 bits per heavy atom. The summed E-state index contributed by atoms with van der Waals surface area (Å²) in [5, 5.41) is 1.15. The minimum Gasteiger partial charge on any atom is -0.368 e. The molecule has 1 fully saturated rings. The Morgan fingerprint density at radius 3 is 2.89 bits per heavy atom. The Balaban J connectivity index is 2.01. The maximum absolute atomic E-state index is 5.85. The van der Waals surface area contributed by atoms with Crippen molar-refractivity contribution in [1.29, 1.82) is 0 Å². The first kappa shape index (κ1) is 12.7. The van der Waals surface area contributed by atoms with E-state index in [1.54, 1.807) is 11.3 Å². The standard InChI is InChI=1S/C14H20N4S/c1-8(2)10-4-5-18(7-10)12-11-6-9(3)19-13(11)17-14(15)16-12/h6,8,10H,4-5,7H2,1-3H3,(H2,15,16,17). The maximum Gasteiger partial charge on any atom is 0.223 e. The van der Waals surface area contributed by atoms with Crippen molar-refractivity contribution in [2.24, 2.45) is 11.8 Å². The summed E-state index contributed by atoms with van der Waals surface area (Å²) in [5.74, 6) is 2.89. The van der Waals surface area contributed by atoms with E-state index in [1.165, 1.54) is 11.3 Å². The van der Waals surface area contributed by atoms with Crippen LogP contribution in [0.4, 0.5) is 11.8 Å². The lowest BCUT2D eigenvalue weighted by Gasteiger charge is -2.19. The highest BCUT2D eigenvalue weighted by molar-refractivity contribution is 7.18. The second-order valence-electron chi connectivity index (χ2n) is 5.72. The van der Waals surface area contributed by atoms with Crippen molar-refractivity contribution in [3.8, 4) is 0 Å². The van der Waals surface area contributed by atoms with Crippen molar-refractivity contribution >= 4 is 33.3 Å². The maximum atomic E-state index is 5.85. The van der Waals surface area contributed by atoms with Gasteiger partial charge in [0.25, 0.3) is 0 Å². The highest BCUT2D eigenvalue weighted by Gasteiger charge is 2.27. The van der Waals surface area contributed by atoms with Gasteiger partial charge in [-0.15, -0.1) is 11.3 Å². The predicted molar refractivity (Wildman–Crippen MR) is 81.7 cm³/mol. The summed E-state index contributed by atoms with van der Waals surface area (Å²) in [6, 6.07) is 2.18. The number of hydrogen-bond acceptors (Lipinski definition) is 5. The monoisotopic (exact) mass is 276 g/mol. The van der Waals surface area contributed by atoms with E-state index in [2.05, 4.69) is 41.7 Å². The molecule has 1 unspecified atom stereocenters. The average Bonchev–Trinajstić information content (AvgIpc) is 2.93. The van der Waals surface area contributed by atoms with Gasteiger partial charge in [0.15, 0.2) is 0 Å². The van der Waals surface area contributed by atoms with Crippen LogP contribution in [0.1, 0.15) is 25.1 Å². The molecule has 0 aliphatic carbocycles. The van der Waals surface area contributed by atoms with Crippen LogP contribution in [0.5, 0.6) is 0 Å². The second kappa shape index (κ2) is 4.63. The molecule has 0 amide bonds. The number of aryl methyl sites for hydroxylation is 1. The van der Waals surface area contributed by atoms with Gasteiger partial charge in [0.1, 0.15) is 10.6 Å². The first-order valence-corrected chi connectivity index (χ1v) is 7.65. The van der Waals surface area contributed by atoms with Gasteiger partial charge in [0.05, 0.1) is 5.39 Å². The van der Waals surface area contributed by atoms with Crippen molar-refractivity contribution in [2.45, 2.75) is 27.2 Å². The largest absolute Gasteiger partial charge is 0.368 e. The van der Waals surface area contributed by atoms with Gasteiger partial charge in [-0.2, -0.15) is 4.98 Å². The Kier molecular flexibility index (Phi) is 3.09. The summed E-state index contributed by atoms with van der Waals surface area (Å²) in [5.41, 5.74) is 5.85. The number of anilines is 2. The molecular formula is C14H20N4S. The minimum absolute atomic E-state index is 0.386. The number of aromatic nitrogens is 2. The van der Waals surface area contributed by atoms with Crippen molar-refractivity contribution in [1.82, 2.24) is 9.97 Å². The highest BCUT2D eigenvalue weighted by atomic mass is 32.1. The van der Waals surface area contributed by atoms with Gasteiger partial charge in [0, 0.05) is 18.0 Å². The van der Waals surface area contributed by atoms with Crippen LogP contribution in [0.3, 0.4) is 0 Å². The number of hydrogen-bond donors (Lipinski definition) is 1. The third-order valence-electron chi connectivity index (χ3n) is 3.98. The summed E-state index contributed by atoms with van der Waals surface area (Å²) in [7, 11) is 0. The Bertz CT molecular complexity index is 605. The molecule has 1 saturated heterocycles. The van der Waals surface area contributed by atoms with Gasteiger partial charge in [0.2, 0.25) is 5.95 Å². The fourth-order valence-corrected chi connectivity index (χ4v) is 3.69. The molecule has 1 aliphatic rings. The van der Waals surface area contributed by atoms with Crippen LogP contribution in [-0.2, 0) is 0 Å². The van der Waals surface area contributed by atoms with Crippen molar-refractivity contribution in [3.63, 3.8) is 0 Å². The molecule has 4 nitrogen and oxygen atoms in total. The number of nitrogens with zero attached hydrogens (tertiary/aromatic N) is 3. The molecule has 3 rings (SSSR count). The number of nitrogen functional groups attached to an aromatic ring is 1. The zero-order valence-electron chi connectivity index (χ0n) is 11.7. The van der Waals surface area contributed by atoms with Gasteiger partial charge >= 0.3 is 0 Å². The molecule has 2 N–H and O–H groups in total. The van der Waals surface area contributed by atoms with E-state index >= 15 is 0 Å². The molecule has 102 valence electrons. The summed E-state index contributed by atoms with van der Waals surface area (Å²) in [6.45, 7) is 8.86. The third kappa shape index (κ3) is 2.27. The molecule has 5 heteroatoms. The molecule has 1 atom stereocenters. The molecule has 0 spiro atoms. The smallest absolute Gasteiger partial charge is 0.223 e. The van der Waals surface area contributed by atoms with Crippen molar-refractivity contribution < 1.29 is 0 Å². The van der Waals surface area contributed by atoms with E-state index in [0.717, 1.165) is 41.0 Å². The predicted octanol–water partition coefficient (Wildman–Crippen LogP) is 3.06. The van der Waals surface area contributed by atoms with Crippen LogP contribution in [0.2, 0.25) is 0 Å². The second-order valence-corrected chi connectivity index (χ2v) is 6.95. The summed E-state index contributed by atoms with van der Waals surface area (Å²) in [4.78, 5) is 13.5. The first-order valence-electron chi connectivity index (χ1n) is 6.83. The van der Waals surface area contributed by atoms with Crippen LogP contribution in [0.15, 0.2) is 6.07 Å². The van der Waals surface area contributed by atoms with E-state index in [-0.39, 0.29) is 0 Å². The van der Waals surface area contributed by atoms with E-state index < -0.39 is 0 Å². The molecule has 3 heterocycles. The van der Waals surface area contributed by atoms with Gasteiger partial charge in [-0.3, -0.25) is 0 Å². The lowest BCUT2D eigenvalue weighted by Crippen LogP contribution is -2.22. The number of rotatable bonds is 2. The molecule has 1 aliphatic heterocycles. The molecule has 2 aromatic heterocycles. The number of thiophene rings is 1. The van der Waals surface area contributed by atoms with Crippen LogP contribution in [0, 0.1) is 18.8 Å². The fraction of sp³-hybridized carbons (Fsp3) is 0.571. The molecule has 19 heavy (non-hydrogen) atoms. The van der Waals surface area contributed by atoms with Gasteiger partial charge in [-0.05, 0) is 31.2 Å². The van der Waals surface area contributed by atoms with Gasteiger partial charge < -0.3 is 10.6 Å². The van der Waals surface area contributed by atoms with Crippen LogP contribution in [-0.4, -0.2) is 23.1 Å². The summed E-state index contributed by atoms with van der Waals surface area (Å²) < 4.78 is 0. The summed E-state index contributed by atoms with van der Waals surface area (Å²) >= 11 is 1.69. The van der Waals surface area contributed by atoms with Gasteiger partial charge in [-0.1, -0.05) is 13.8 Å². The lowest BCUT2D eigenvalue weighted by atomic mass is 9.95. The molecule has 0 bridgehead atoms. The van der Waals surface area contributed by atoms with Gasteiger partial charge in [-0.25, -0.2) is 4.98 Å². The Hall–Kier alpha value is -1.36. The lowest BCUT2D eigenvalue weighted by molar-refractivity contribution is 0.422. The molecule has 0 aromatic carbocycles. The highest BCUT2D eigenvalue weighted by Crippen LogP contribution is 2.34. The zero-order valence-corrected chi connectivity index (χ0v) is 12.5. The Morgan fingerprint density at radius 2 is 2.21 bits per heavy atom.